The maximum absolute atomic E-state index is 12.5. The molecule has 96 valence electrons. The third-order valence-corrected chi connectivity index (χ3v) is 5.23. The lowest BCUT2D eigenvalue weighted by atomic mass is 9.98. The van der Waals surface area contributed by atoms with Crippen LogP contribution in [0.2, 0.25) is 0 Å². The highest BCUT2D eigenvalue weighted by atomic mass is 79.9. The topological polar surface area (TPSA) is 29.5 Å². The second kappa shape index (κ2) is 4.54. The molecule has 0 aliphatic carbocycles. The molecule has 4 heteroatoms. The van der Waals surface area contributed by atoms with Gasteiger partial charge in [0.1, 0.15) is 0 Å². The Kier molecular flexibility index (Phi) is 3.20. The van der Waals surface area contributed by atoms with Crippen molar-refractivity contribution < 1.29 is 9.53 Å². The minimum atomic E-state index is 0.125. The summed E-state index contributed by atoms with van der Waals surface area (Å²) in [6.45, 7) is 2.69. The normalized spacial score (nSPS) is 45.3. The number of fused-ring (bicyclic) bond motifs is 2. The number of amides is 1. The monoisotopic (exact) mass is 301 g/mol. The Bertz CT molecular complexity index is 309. The molecule has 0 radical (unpaired) electrons. The number of hydrogen-bond acceptors (Lipinski definition) is 2. The van der Waals surface area contributed by atoms with Gasteiger partial charge in [0.2, 0.25) is 5.91 Å². The Morgan fingerprint density at radius 2 is 1.88 bits per heavy atom. The van der Waals surface area contributed by atoms with Crippen LogP contribution in [0.15, 0.2) is 0 Å². The lowest BCUT2D eigenvalue weighted by Gasteiger charge is -2.38. The average Bonchev–Trinajstić information content (AvgIpc) is 2.81. The Hall–Kier alpha value is -0.0900. The molecule has 3 nitrogen and oxygen atoms in total. The molecule has 0 saturated carbocycles. The standard InChI is InChI=1S/C13H20BrNO2/c1-8-4-9(7-17-8)13(16)15-11-2-3-12(15)6-10(14)5-11/h8-12H,2-7H2,1H3. The molecule has 0 aromatic carbocycles. The van der Waals surface area contributed by atoms with Crippen LogP contribution in [0.3, 0.4) is 0 Å². The fraction of sp³-hybridized carbons (Fsp3) is 0.923. The molecule has 3 aliphatic rings. The number of carbonyl (C=O) groups is 1. The SMILES string of the molecule is CC1CC(C(=O)N2C3CCC2CC(Br)C3)CO1. The Morgan fingerprint density at radius 1 is 1.24 bits per heavy atom. The summed E-state index contributed by atoms with van der Waals surface area (Å²) in [7, 11) is 0. The van der Waals surface area contributed by atoms with Crippen molar-refractivity contribution in [3.8, 4) is 0 Å². The first kappa shape index (κ1) is 12.0. The van der Waals surface area contributed by atoms with Gasteiger partial charge >= 0.3 is 0 Å². The second-order valence-electron chi connectivity index (χ2n) is 5.78. The third-order valence-electron chi connectivity index (χ3n) is 4.48. The average molecular weight is 302 g/mol. The highest BCUT2D eigenvalue weighted by Gasteiger charge is 2.45. The predicted molar refractivity (Wildman–Crippen MR) is 69.1 cm³/mol. The van der Waals surface area contributed by atoms with Crippen molar-refractivity contribution >= 4 is 21.8 Å². The molecular weight excluding hydrogens is 282 g/mol. The lowest BCUT2D eigenvalue weighted by molar-refractivity contribution is -0.139. The van der Waals surface area contributed by atoms with E-state index in [0.29, 0.717) is 29.4 Å². The molecule has 4 atom stereocenters. The number of rotatable bonds is 1. The van der Waals surface area contributed by atoms with Crippen LogP contribution in [0.4, 0.5) is 0 Å². The summed E-state index contributed by atoms with van der Waals surface area (Å²) in [5.74, 6) is 0.487. The summed E-state index contributed by atoms with van der Waals surface area (Å²) in [5, 5.41) is 0. The molecular formula is C13H20BrNO2. The maximum atomic E-state index is 12.5. The number of carbonyl (C=O) groups excluding carboxylic acids is 1. The first-order valence-corrected chi connectivity index (χ1v) is 7.64. The second-order valence-corrected chi connectivity index (χ2v) is 7.07. The van der Waals surface area contributed by atoms with Gasteiger partial charge in [-0.1, -0.05) is 15.9 Å². The smallest absolute Gasteiger partial charge is 0.228 e. The van der Waals surface area contributed by atoms with Crippen LogP contribution < -0.4 is 0 Å². The van der Waals surface area contributed by atoms with E-state index in [4.69, 9.17) is 4.74 Å². The van der Waals surface area contributed by atoms with Crippen LogP contribution in [-0.2, 0) is 9.53 Å². The Labute approximate surface area is 111 Å². The largest absolute Gasteiger partial charge is 0.378 e. The van der Waals surface area contributed by atoms with Gasteiger partial charge in [0.15, 0.2) is 0 Å². The van der Waals surface area contributed by atoms with Gasteiger partial charge in [0.25, 0.3) is 0 Å². The zero-order valence-corrected chi connectivity index (χ0v) is 11.9. The van der Waals surface area contributed by atoms with Crippen molar-refractivity contribution in [1.82, 2.24) is 4.90 Å². The number of hydrogen-bond donors (Lipinski definition) is 0. The molecule has 0 N–H and O–H groups in total. The van der Waals surface area contributed by atoms with Gasteiger partial charge in [0, 0.05) is 16.9 Å². The van der Waals surface area contributed by atoms with E-state index in [1.54, 1.807) is 0 Å². The molecule has 0 spiro atoms. The third kappa shape index (κ3) is 2.14. The van der Waals surface area contributed by atoms with Crippen molar-refractivity contribution in [2.45, 2.75) is 62.0 Å². The minimum absolute atomic E-state index is 0.125. The summed E-state index contributed by atoms with van der Waals surface area (Å²) in [6.07, 6.45) is 5.82. The molecule has 0 aromatic rings. The number of nitrogens with zero attached hydrogens (tertiary/aromatic N) is 1. The molecule has 0 aromatic heterocycles. The summed E-state index contributed by atoms with van der Waals surface area (Å²) in [6, 6.07) is 0.975. The van der Waals surface area contributed by atoms with Crippen molar-refractivity contribution in [2.75, 3.05) is 6.61 Å². The lowest BCUT2D eigenvalue weighted by Crippen LogP contribution is -2.49. The Morgan fingerprint density at radius 3 is 2.41 bits per heavy atom. The maximum Gasteiger partial charge on any atom is 0.228 e. The summed E-state index contributed by atoms with van der Waals surface area (Å²) >= 11 is 3.72. The van der Waals surface area contributed by atoms with E-state index >= 15 is 0 Å². The van der Waals surface area contributed by atoms with Gasteiger partial charge in [-0.05, 0) is 39.0 Å². The van der Waals surface area contributed by atoms with Crippen molar-refractivity contribution in [3.05, 3.63) is 0 Å². The fourth-order valence-electron chi connectivity index (χ4n) is 3.67. The molecule has 3 saturated heterocycles. The Balaban J connectivity index is 1.70. The molecule has 4 unspecified atom stereocenters. The van der Waals surface area contributed by atoms with Gasteiger partial charge in [-0.15, -0.1) is 0 Å². The molecule has 3 aliphatic heterocycles. The van der Waals surface area contributed by atoms with E-state index in [1.807, 2.05) is 0 Å². The summed E-state index contributed by atoms with van der Waals surface area (Å²) in [4.78, 5) is 15.4. The van der Waals surface area contributed by atoms with Gasteiger partial charge < -0.3 is 9.64 Å². The van der Waals surface area contributed by atoms with Crippen LogP contribution in [0.1, 0.15) is 39.0 Å². The van der Waals surface area contributed by atoms with E-state index in [9.17, 15) is 4.79 Å². The molecule has 3 rings (SSSR count). The van der Waals surface area contributed by atoms with Crippen LogP contribution in [-0.4, -0.2) is 40.4 Å². The van der Waals surface area contributed by atoms with Crippen molar-refractivity contribution in [3.63, 3.8) is 0 Å². The highest BCUT2D eigenvalue weighted by Crippen LogP contribution is 2.40. The van der Waals surface area contributed by atoms with Crippen LogP contribution in [0.5, 0.6) is 0 Å². The zero-order valence-electron chi connectivity index (χ0n) is 10.3. The minimum Gasteiger partial charge on any atom is -0.378 e. The molecule has 1 amide bonds. The van der Waals surface area contributed by atoms with Gasteiger partial charge in [0.05, 0.1) is 18.6 Å². The fourth-order valence-corrected chi connectivity index (χ4v) is 4.53. The summed E-state index contributed by atoms with van der Waals surface area (Å²) in [5.41, 5.74) is 0. The zero-order chi connectivity index (χ0) is 12.0. The van der Waals surface area contributed by atoms with Crippen molar-refractivity contribution in [1.29, 1.82) is 0 Å². The number of ether oxygens (including phenoxy) is 1. The first-order chi connectivity index (χ1) is 8.15. The molecule has 2 bridgehead atoms. The first-order valence-electron chi connectivity index (χ1n) is 6.73. The predicted octanol–water partition coefficient (Wildman–Crippen LogP) is 2.33. The van der Waals surface area contributed by atoms with E-state index in [1.165, 1.54) is 12.8 Å². The van der Waals surface area contributed by atoms with Crippen LogP contribution >= 0.6 is 15.9 Å². The van der Waals surface area contributed by atoms with Gasteiger partial charge in [-0.25, -0.2) is 0 Å². The van der Waals surface area contributed by atoms with E-state index < -0.39 is 0 Å². The van der Waals surface area contributed by atoms with Crippen molar-refractivity contribution in [2.24, 2.45) is 5.92 Å². The highest BCUT2D eigenvalue weighted by molar-refractivity contribution is 9.09. The van der Waals surface area contributed by atoms with Gasteiger partial charge in [-0.2, -0.15) is 0 Å². The molecule has 17 heavy (non-hydrogen) atoms. The quantitative estimate of drug-likeness (QED) is 0.696. The number of alkyl halides is 1. The van der Waals surface area contributed by atoms with Crippen LogP contribution in [0, 0.1) is 5.92 Å². The van der Waals surface area contributed by atoms with Crippen LogP contribution in [0.25, 0.3) is 0 Å². The van der Waals surface area contributed by atoms with E-state index in [-0.39, 0.29) is 12.0 Å². The number of piperidine rings is 1. The van der Waals surface area contributed by atoms with Gasteiger partial charge in [-0.3, -0.25) is 4.79 Å². The summed E-state index contributed by atoms with van der Waals surface area (Å²) < 4.78 is 5.53. The van der Waals surface area contributed by atoms with E-state index in [2.05, 4.69) is 27.8 Å². The molecule has 3 heterocycles. The van der Waals surface area contributed by atoms with E-state index in [0.717, 1.165) is 19.3 Å². The number of halogens is 1. The molecule has 3 fully saturated rings.